The second-order valence-electron chi connectivity index (χ2n) is 6.38. The SMILES string of the molecule is CCCOc1ccc(Nc2ncc(C(F)(F)F)c(Nc3ccc([N+](=O)[O-])cc3)n2)cc1. The molecule has 0 atom stereocenters. The topological polar surface area (TPSA) is 102 Å². The smallest absolute Gasteiger partial charge is 0.421 e. The lowest BCUT2D eigenvalue weighted by Gasteiger charge is -2.15. The molecule has 0 bridgehead atoms. The quantitative estimate of drug-likeness (QED) is 0.348. The summed E-state index contributed by atoms with van der Waals surface area (Å²) >= 11 is 0. The minimum absolute atomic E-state index is 0.0559. The van der Waals surface area contributed by atoms with Gasteiger partial charge in [0.2, 0.25) is 5.95 Å². The Morgan fingerprint density at radius 3 is 2.23 bits per heavy atom. The van der Waals surface area contributed by atoms with Crippen molar-refractivity contribution in [2.75, 3.05) is 17.2 Å². The summed E-state index contributed by atoms with van der Waals surface area (Å²) in [5, 5.41) is 16.1. The molecule has 11 heteroatoms. The predicted octanol–water partition coefficient (Wildman–Crippen LogP) is 5.68. The van der Waals surface area contributed by atoms with Gasteiger partial charge in [-0.05, 0) is 42.8 Å². The Balaban J connectivity index is 1.83. The molecular formula is C20H18F3N5O3. The van der Waals surface area contributed by atoms with Crippen molar-refractivity contribution in [2.45, 2.75) is 19.5 Å². The van der Waals surface area contributed by atoms with Gasteiger partial charge in [-0.25, -0.2) is 4.98 Å². The highest BCUT2D eigenvalue weighted by molar-refractivity contribution is 5.64. The largest absolute Gasteiger partial charge is 0.494 e. The van der Waals surface area contributed by atoms with Gasteiger partial charge in [-0.15, -0.1) is 0 Å². The Kier molecular flexibility index (Phi) is 6.53. The highest BCUT2D eigenvalue weighted by atomic mass is 19.4. The number of nitrogens with one attached hydrogen (secondary N) is 2. The monoisotopic (exact) mass is 433 g/mol. The maximum Gasteiger partial charge on any atom is 0.421 e. The first kappa shape index (κ1) is 21.8. The zero-order chi connectivity index (χ0) is 22.4. The average Bonchev–Trinajstić information content (AvgIpc) is 2.73. The van der Waals surface area contributed by atoms with E-state index in [1.165, 1.54) is 24.3 Å². The van der Waals surface area contributed by atoms with Crippen LogP contribution in [0.15, 0.2) is 54.7 Å². The lowest BCUT2D eigenvalue weighted by molar-refractivity contribution is -0.384. The highest BCUT2D eigenvalue weighted by Gasteiger charge is 2.35. The number of nitro groups is 1. The lowest BCUT2D eigenvalue weighted by Crippen LogP contribution is -2.12. The summed E-state index contributed by atoms with van der Waals surface area (Å²) in [5.41, 5.74) is -0.485. The molecule has 2 aromatic carbocycles. The Morgan fingerprint density at radius 1 is 1.03 bits per heavy atom. The summed E-state index contributed by atoms with van der Waals surface area (Å²) < 4.78 is 45.6. The third-order valence-electron chi connectivity index (χ3n) is 4.02. The fraction of sp³-hybridized carbons (Fsp3) is 0.200. The average molecular weight is 433 g/mol. The number of alkyl halides is 3. The molecule has 0 radical (unpaired) electrons. The Hall–Kier alpha value is -3.89. The highest BCUT2D eigenvalue weighted by Crippen LogP contribution is 2.35. The van der Waals surface area contributed by atoms with Crippen LogP contribution in [0.2, 0.25) is 0 Å². The van der Waals surface area contributed by atoms with Gasteiger partial charge < -0.3 is 15.4 Å². The fourth-order valence-corrected chi connectivity index (χ4v) is 2.53. The lowest BCUT2D eigenvalue weighted by atomic mass is 10.2. The molecule has 0 fully saturated rings. The summed E-state index contributed by atoms with van der Waals surface area (Å²) in [6.07, 6.45) is -3.16. The molecule has 0 aliphatic rings. The third-order valence-corrected chi connectivity index (χ3v) is 4.02. The van der Waals surface area contributed by atoms with Crippen molar-refractivity contribution in [2.24, 2.45) is 0 Å². The predicted molar refractivity (Wildman–Crippen MR) is 109 cm³/mol. The van der Waals surface area contributed by atoms with E-state index >= 15 is 0 Å². The second-order valence-corrected chi connectivity index (χ2v) is 6.38. The van der Waals surface area contributed by atoms with Crippen LogP contribution in [0.4, 0.5) is 42.0 Å². The minimum Gasteiger partial charge on any atom is -0.494 e. The van der Waals surface area contributed by atoms with Crippen molar-refractivity contribution in [3.63, 3.8) is 0 Å². The number of nitrogens with zero attached hydrogens (tertiary/aromatic N) is 3. The molecule has 1 aromatic heterocycles. The van der Waals surface area contributed by atoms with E-state index in [1.54, 1.807) is 24.3 Å². The summed E-state index contributed by atoms with van der Waals surface area (Å²) in [4.78, 5) is 17.8. The van der Waals surface area contributed by atoms with Crippen LogP contribution < -0.4 is 15.4 Å². The maximum atomic E-state index is 13.4. The van der Waals surface area contributed by atoms with Crippen LogP contribution >= 0.6 is 0 Å². The van der Waals surface area contributed by atoms with Gasteiger partial charge in [0.05, 0.1) is 11.5 Å². The molecule has 0 unspecified atom stereocenters. The van der Waals surface area contributed by atoms with Crippen LogP contribution in [0.5, 0.6) is 5.75 Å². The van der Waals surface area contributed by atoms with Crippen molar-refractivity contribution < 1.29 is 22.8 Å². The van der Waals surface area contributed by atoms with Gasteiger partial charge in [0.1, 0.15) is 17.1 Å². The van der Waals surface area contributed by atoms with Crippen molar-refractivity contribution in [1.82, 2.24) is 9.97 Å². The number of benzene rings is 2. The summed E-state index contributed by atoms with van der Waals surface area (Å²) in [6, 6.07) is 11.8. The van der Waals surface area contributed by atoms with Gasteiger partial charge in [0.15, 0.2) is 0 Å². The van der Waals surface area contributed by atoms with Crippen LogP contribution in [0, 0.1) is 10.1 Å². The molecule has 162 valence electrons. The first-order chi connectivity index (χ1) is 14.8. The van der Waals surface area contributed by atoms with Crippen LogP contribution in [0.3, 0.4) is 0 Å². The maximum absolute atomic E-state index is 13.4. The zero-order valence-electron chi connectivity index (χ0n) is 16.3. The molecule has 0 saturated carbocycles. The molecule has 3 aromatic rings. The van der Waals surface area contributed by atoms with Crippen molar-refractivity contribution in [3.8, 4) is 5.75 Å². The molecule has 0 spiro atoms. The fourth-order valence-electron chi connectivity index (χ4n) is 2.53. The van der Waals surface area contributed by atoms with E-state index in [-0.39, 0.29) is 17.3 Å². The van der Waals surface area contributed by atoms with E-state index in [2.05, 4.69) is 20.6 Å². The van der Waals surface area contributed by atoms with E-state index in [0.29, 0.717) is 24.2 Å². The molecular weight excluding hydrogens is 415 g/mol. The Labute approximate surface area is 175 Å². The molecule has 0 aliphatic heterocycles. The normalized spacial score (nSPS) is 11.1. The number of rotatable bonds is 8. The Bertz CT molecular complexity index is 1040. The number of ether oxygens (including phenoxy) is 1. The number of hydrogen-bond donors (Lipinski definition) is 2. The summed E-state index contributed by atoms with van der Waals surface area (Å²) in [6.45, 7) is 2.56. The molecule has 3 rings (SSSR count). The zero-order valence-corrected chi connectivity index (χ0v) is 16.3. The van der Waals surface area contributed by atoms with Crippen molar-refractivity contribution in [1.29, 1.82) is 0 Å². The first-order valence-corrected chi connectivity index (χ1v) is 9.22. The molecule has 0 amide bonds. The van der Waals surface area contributed by atoms with Gasteiger partial charge in [-0.1, -0.05) is 6.92 Å². The van der Waals surface area contributed by atoms with E-state index in [9.17, 15) is 23.3 Å². The number of hydrogen-bond acceptors (Lipinski definition) is 7. The van der Waals surface area contributed by atoms with E-state index in [0.717, 1.165) is 6.42 Å². The minimum atomic E-state index is -4.69. The number of anilines is 4. The van der Waals surface area contributed by atoms with Crippen LogP contribution in [-0.2, 0) is 6.18 Å². The summed E-state index contributed by atoms with van der Waals surface area (Å²) in [7, 11) is 0. The van der Waals surface area contributed by atoms with E-state index < -0.39 is 22.5 Å². The second kappa shape index (κ2) is 9.28. The van der Waals surface area contributed by atoms with E-state index in [1.807, 2.05) is 6.92 Å². The number of nitro benzene ring substituents is 1. The molecule has 0 saturated heterocycles. The van der Waals surface area contributed by atoms with Crippen molar-refractivity contribution >= 4 is 28.8 Å². The molecule has 8 nitrogen and oxygen atoms in total. The summed E-state index contributed by atoms with van der Waals surface area (Å²) in [5.74, 6) is 0.127. The van der Waals surface area contributed by atoms with Gasteiger partial charge in [0.25, 0.3) is 5.69 Å². The first-order valence-electron chi connectivity index (χ1n) is 9.22. The van der Waals surface area contributed by atoms with Gasteiger partial charge in [-0.2, -0.15) is 18.2 Å². The van der Waals surface area contributed by atoms with Crippen LogP contribution in [0.1, 0.15) is 18.9 Å². The standard InChI is InChI=1S/C20H18F3N5O3/c1-2-11-31-16-9-5-14(6-10-16)26-19-24-12-17(20(21,22)23)18(27-19)25-13-3-7-15(8-4-13)28(29)30/h3-10,12H,2,11H2,1H3,(H2,24,25,26,27). The van der Waals surface area contributed by atoms with Crippen molar-refractivity contribution in [3.05, 3.63) is 70.4 Å². The molecule has 2 N–H and O–H groups in total. The number of non-ortho nitro benzene ring substituents is 1. The number of halogens is 3. The van der Waals surface area contributed by atoms with E-state index in [4.69, 9.17) is 4.74 Å². The molecule has 1 heterocycles. The molecule has 31 heavy (non-hydrogen) atoms. The Morgan fingerprint density at radius 2 is 1.65 bits per heavy atom. The van der Waals surface area contributed by atoms with Crippen LogP contribution in [-0.4, -0.2) is 21.5 Å². The van der Waals surface area contributed by atoms with Gasteiger partial charge in [-0.3, -0.25) is 10.1 Å². The number of aromatic nitrogens is 2. The van der Waals surface area contributed by atoms with Gasteiger partial charge >= 0.3 is 6.18 Å². The van der Waals surface area contributed by atoms with Gasteiger partial charge in [0, 0.05) is 29.7 Å². The van der Waals surface area contributed by atoms with Crippen LogP contribution in [0.25, 0.3) is 0 Å². The third kappa shape index (κ3) is 5.81. The molecule has 0 aliphatic carbocycles.